The molecule has 1 heterocycles. The molecule has 0 radical (unpaired) electrons. The Morgan fingerprint density at radius 2 is 1.87 bits per heavy atom. The van der Waals surface area contributed by atoms with E-state index in [2.05, 4.69) is 61.7 Å². The second kappa shape index (κ2) is 12.3. The Bertz CT molecular complexity index is 821. The molecule has 0 fully saturated rings. The smallest absolute Gasteiger partial charge is 0.191 e. The number of aliphatic imine (C=N–C) groups is 1. The standard InChI is InChI=1S/C22H34N4O2S.HI/c1-8-23-21(24-12-20-26-17(13-29-20)15(2)3)25-14-22(4,5)16-9-10-18(27-6)19(11-16)28-7;/h9-11,13,15H,8,12,14H2,1-7H3,(H2,23,24,25);1H. The van der Waals surface area contributed by atoms with Gasteiger partial charge in [0.1, 0.15) is 5.01 Å². The van der Waals surface area contributed by atoms with Crippen molar-refractivity contribution in [2.75, 3.05) is 27.3 Å². The van der Waals surface area contributed by atoms with Crippen molar-refractivity contribution in [1.29, 1.82) is 0 Å². The second-order valence-corrected chi connectivity index (χ2v) is 8.77. The predicted molar refractivity (Wildman–Crippen MR) is 137 cm³/mol. The number of aromatic nitrogens is 1. The fraction of sp³-hybridized carbons (Fsp3) is 0.545. The van der Waals surface area contributed by atoms with Gasteiger partial charge in [0.2, 0.25) is 0 Å². The fourth-order valence-corrected chi connectivity index (χ4v) is 3.69. The molecule has 168 valence electrons. The number of thiazole rings is 1. The van der Waals surface area contributed by atoms with E-state index < -0.39 is 0 Å². The first-order valence-corrected chi connectivity index (χ1v) is 10.9. The molecule has 8 heteroatoms. The van der Waals surface area contributed by atoms with Gasteiger partial charge in [-0.3, -0.25) is 0 Å². The molecule has 0 spiro atoms. The Balaban J connectivity index is 0.00000450. The predicted octanol–water partition coefficient (Wildman–Crippen LogP) is 4.93. The molecule has 2 N–H and O–H groups in total. The molecule has 0 aliphatic rings. The Kier molecular flexibility index (Phi) is 10.9. The average Bonchev–Trinajstić information content (AvgIpc) is 3.19. The van der Waals surface area contributed by atoms with Crippen LogP contribution in [0.4, 0.5) is 0 Å². The van der Waals surface area contributed by atoms with Gasteiger partial charge in [0.25, 0.3) is 0 Å². The lowest BCUT2D eigenvalue weighted by atomic mass is 9.84. The Labute approximate surface area is 201 Å². The van der Waals surface area contributed by atoms with Gasteiger partial charge in [0.05, 0.1) is 26.5 Å². The van der Waals surface area contributed by atoms with E-state index in [1.807, 2.05) is 12.1 Å². The molecule has 1 aromatic carbocycles. The Hall–Kier alpha value is -1.55. The third-order valence-corrected chi connectivity index (χ3v) is 5.59. The van der Waals surface area contributed by atoms with Gasteiger partial charge in [0, 0.05) is 23.9 Å². The van der Waals surface area contributed by atoms with Gasteiger partial charge in [-0.15, -0.1) is 35.3 Å². The molecule has 6 nitrogen and oxygen atoms in total. The maximum atomic E-state index is 5.46. The molecular formula is C22H35IN4O2S. The van der Waals surface area contributed by atoms with Crippen LogP contribution in [0.5, 0.6) is 11.5 Å². The lowest BCUT2D eigenvalue weighted by Gasteiger charge is -2.27. The van der Waals surface area contributed by atoms with E-state index in [0.29, 0.717) is 12.5 Å². The maximum absolute atomic E-state index is 5.46. The normalized spacial score (nSPS) is 11.8. The highest BCUT2D eigenvalue weighted by atomic mass is 127. The van der Waals surface area contributed by atoms with Crippen LogP contribution in [0.15, 0.2) is 28.6 Å². The number of benzene rings is 1. The first-order chi connectivity index (χ1) is 13.8. The summed E-state index contributed by atoms with van der Waals surface area (Å²) < 4.78 is 10.8. The van der Waals surface area contributed by atoms with Crippen LogP contribution in [-0.4, -0.2) is 38.3 Å². The average molecular weight is 547 g/mol. The number of rotatable bonds is 9. The molecule has 2 rings (SSSR count). The van der Waals surface area contributed by atoms with Crippen LogP contribution < -0.4 is 20.1 Å². The minimum absolute atomic E-state index is 0. The van der Waals surface area contributed by atoms with Gasteiger partial charge < -0.3 is 20.1 Å². The zero-order chi connectivity index (χ0) is 21.4. The number of nitrogens with zero attached hydrogens (tertiary/aromatic N) is 2. The molecule has 0 bridgehead atoms. The SMILES string of the molecule is CCNC(=NCc1nc(C(C)C)cs1)NCC(C)(C)c1ccc(OC)c(OC)c1.I. The van der Waals surface area contributed by atoms with Gasteiger partial charge >= 0.3 is 0 Å². The number of hydrogen-bond donors (Lipinski definition) is 2. The zero-order valence-electron chi connectivity index (χ0n) is 19.0. The topological polar surface area (TPSA) is 67.8 Å². The number of guanidine groups is 1. The van der Waals surface area contributed by atoms with Crippen LogP contribution in [0.2, 0.25) is 0 Å². The zero-order valence-corrected chi connectivity index (χ0v) is 22.2. The molecule has 0 saturated carbocycles. The van der Waals surface area contributed by atoms with Crippen molar-refractivity contribution in [3.05, 3.63) is 39.8 Å². The minimum atomic E-state index is -0.123. The van der Waals surface area contributed by atoms with Crippen LogP contribution in [0.3, 0.4) is 0 Å². The highest BCUT2D eigenvalue weighted by Gasteiger charge is 2.22. The first-order valence-electron chi connectivity index (χ1n) is 9.99. The van der Waals surface area contributed by atoms with E-state index >= 15 is 0 Å². The molecule has 0 saturated heterocycles. The summed E-state index contributed by atoms with van der Waals surface area (Å²) in [5, 5.41) is 9.94. The molecular weight excluding hydrogens is 511 g/mol. The van der Waals surface area contributed by atoms with E-state index in [1.165, 1.54) is 5.56 Å². The summed E-state index contributed by atoms with van der Waals surface area (Å²) in [5.74, 6) is 2.71. The van der Waals surface area contributed by atoms with Crippen molar-refractivity contribution < 1.29 is 9.47 Å². The monoisotopic (exact) mass is 546 g/mol. The van der Waals surface area contributed by atoms with E-state index in [-0.39, 0.29) is 29.4 Å². The van der Waals surface area contributed by atoms with Gasteiger partial charge in [-0.25, -0.2) is 9.98 Å². The molecule has 2 aromatic rings. The summed E-state index contributed by atoms with van der Waals surface area (Å²) >= 11 is 1.67. The van der Waals surface area contributed by atoms with Gasteiger partial charge in [0.15, 0.2) is 17.5 Å². The lowest BCUT2D eigenvalue weighted by molar-refractivity contribution is 0.353. The molecule has 0 amide bonds. The highest BCUT2D eigenvalue weighted by Crippen LogP contribution is 2.32. The van der Waals surface area contributed by atoms with E-state index in [1.54, 1.807) is 25.6 Å². The largest absolute Gasteiger partial charge is 0.493 e. The summed E-state index contributed by atoms with van der Waals surface area (Å²) in [6, 6.07) is 6.06. The minimum Gasteiger partial charge on any atom is -0.493 e. The molecule has 0 aliphatic carbocycles. The van der Waals surface area contributed by atoms with Crippen molar-refractivity contribution in [3.8, 4) is 11.5 Å². The van der Waals surface area contributed by atoms with Crippen molar-refractivity contribution in [2.45, 2.75) is 52.5 Å². The number of ether oxygens (including phenoxy) is 2. The third-order valence-electron chi connectivity index (χ3n) is 4.74. The number of hydrogen-bond acceptors (Lipinski definition) is 5. The van der Waals surface area contributed by atoms with Crippen molar-refractivity contribution in [2.24, 2.45) is 4.99 Å². The van der Waals surface area contributed by atoms with Crippen LogP contribution in [0.1, 0.15) is 56.8 Å². The van der Waals surface area contributed by atoms with Crippen LogP contribution in [0.25, 0.3) is 0 Å². The van der Waals surface area contributed by atoms with E-state index in [4.69, 9.17) is 14.5 Å². The quantitative estimate of drug-likeness (QED) is 0.265. The molecule has 0 atom stereocenters. The summed E-state index contributed by atoms with van der Waals surface area (Å²) in [6.07, 6.45) is 0. The molecule has 0 unspecified atom stereocenters. The summed E-state index contributed by atoms with van der Waals surface area (Å²) in [7, 11) is 3.31. The number of nitrogens with one attached hydrogen (secondary N) is 2. The Morgan fingerprint density at radius 3 is 2.43 bits per heavy atom. The lowest BCUT2D eigenvalue weighted by Crippen LogP contribution is -2.43. The van der Waals surface area contributed by atoms with Gasteiger partial charge in [-0.05, 0) is 30.5 Å². The van der Waals surface area contributed by atoms with Crippen LogP contribution >= 0.6 is 35.3 Å². The van der Waals surface area contributed by atoms with E-state index in [9.17, 15) is 0 Å². The number of methoxy groups -OCH3 is 2. The summed E-state index contributed by atoms with van der Waals surface area (Å²) in [5.41, 5.74) is 2.18. The van der Waals surface area contributed by atoms with E-state index in [0.717, 1.165) is 41.2 Å². The van der Waals surface area contributed by atoms with Crippen molar-refractivity contribution >= 4 is 41.3 Å². The van der Waals surface area contributed by atoms with Crippen molar-refractivity contribution in [3.63, 3.8) is 0 Å². The van der Waals surface area contributed by atoms with Crippen LogP contribution in [0, 0.1) is 0 Å². The van der Waals surface area contributed by atoms with Gasteiger partial charge in [-0.1, -0.05) is 33.8 Å². The second-order valence-electron chi connectivity index (χ2n) is 7.82. The third kappa shape index (κ3) is 7.30. The van der Waals surface area contributed by atoms with Crippen molar-refractivity contribution in [1.82, 2.24) is 15.6 Å². The summed E-state index contributed by atoms with van der Waals surface area (Å²) in [6.45, 7) is 12.9. The number of halogens is 1. The molecule has 0 aliphatic heterocycles. The molecule has 30 heavy (non-hydrogen) atoms. The van der Waals surface area contributed by atoms with Crippen LogP contribution in [-0.2, 0) is 12.0 Å². The Morgan fingerprint density at radius 1 is 1.17 bits per heavy atom. The highest BCUT2D eigenvalue weighted by molar-refractivity contribution is 14.0. The summed E-state index contributed by atoms with van der Waals surface area (Å²) in [4.78, 5) is 9.38. The fourth-order valence-electron chi connectivity index (χ4n) is 2.82. The molecule has 1 aromatic heterocycles. The van der Waals surface area contributed by atoms with Gasteiger partial charge in [-0.2, -0.15) is 0 Å². The first kappa shape index (κ1) is 26.5. The maximum Gasteiger partial charge on any atom is 0.191 e.